The van der Waals surface area contributed by atoms with Crippen LogP contribution in [0.1, 0.15) is 18.5 Å². The summed E-state index contributed by atoms with van der Waals surface area (Å²) in [6.07, 6.45) is 5.32. The van der Waals surface area contributed by atoms with E-state index in [1.54, 1.807) is 12.4 Å². The quantitative estimate of drug-likeness (QED) is 0.776. The molecular weight excluding hydrogens is 324 g/mol. The minimum Gasteiger partial charge on any atom is -0.471 e. The molecule has 0 radical (unpaired) electrons. The fraction of sp³-hybridized carbons (Fsp3) is 0.412. The summed E-state index contributed by atoms with van der Waals surface area (Å²) in [4.78, 5) is 19.3. The number of likely N-dealkylation sites (tertiary alicyclic amines) is 1. The summed E-state index contributed by atoms with van der Waals surface area (Å²) in [6.45, 7) is 3.28. The van der Waals surface area contributed by atoms with E-state index < -0.39 is 0 Å². The average molecular weight is 344 g/mol. The number of aromatic nitrogens is 3. The predicted octanol–water partition coefficient (Wildman–Crippen LogP) is 2.34. The van der Waals surface area contributed by atoms with E-state index >= 15 is 0 Å². The first-order valence-electron chi connectivity index (χ1n) is 7.98. The van der Waals surface area contributed by atoms with Crippen molar-refractivity contribution < 1.29 is 9.53 Å². The van der Waals surface area contributed by atoms with Crippen LogP contribution in [0.4, 0.5) is 0 Å². The van der Waals surface area contributed by atoms with Gasteiger partial charge in [0.15, 0.2) is 0 Å². The number of piperidine rings is 1. The van der Waals surface area contributed by atoms with Gasteiger partial charge < -0.3 is 9.64 Å². The van der Waals surface area contributed by atoms with Crippen LogP contribution in [0.5, 0.6) is 5.88 Å². The van der Waals surface area contributed by atoms with Crippen LogP contribution in [0, 0.1) is 6.92 Å². The maximum atomic E-state index is 12.4. The molecule has 3 rings (SSSR count). The standard InChI is InChI=1S/C17H20N4O2S/c1-13-4-5-16(20-19-13)23-14-3-2-10-21(11-14)17(22)12-24-15-6-8-18-9-7-15/h4-9,14H,2-3,10-12H2,1H3. The molecule has 0 bridgehead atoms. The van der Waals surface area contributed by atoms with Crippen LogP contribution in [-0.2, 0) is 4.79 Å². The van der Waals surface area contributed by atoms with Gasteiger partial charge in [-0.15, -0.1) is 16.9 Å². The Kier molecular flexibility index (Phi) is 5.63. The molecule has 1 atom stereocenters. The van der Waals surface area contributed by atoms with Crippen LogP contribution in [0.3, 0.4) is 0 Å². The number of hydrogen-bond donors (Lipinski definition) is 0. The van der Waals surface area contributed by atoms with Crippen molar-refractivity contribution in [2.45, 2.75) is 30.8 Å². The number of pyridine rings is 1. The molecule has 3 heterocycles. The zero-order valence-electron chi connectivity index (χ0n) is 13.6. The van der Waals surface area contributed by atoms with E-state index in [1.807, 2.05) is 36.1 Å². The van der Waals surface area contributed by atoms with Gasteiger partial charge in [-0.05, 0) is 38.0 Å². The van der Waals surface area contributed by atoms with E-state index in [9.17, 15) is 4.79 Å². The molecule has 1 aliphatic rings. The van der Waals surface area contributed by atoms with Gasteiger partial charge in [0, 0.05) is 29.9 Å². The zero-order valence-corrected chi connectivity index (χ0v) is 14.4. The number of thioether (sulfide) groups is 1. The number of carbonyl (C=O) groups is 1. The number of nitrogens with zero attached hydrogens (tertiary/aromatic N) is 4. The van der Waals surface area contributed by atoms with Crippen LogP contribution in [-0.4, -0.2) is 50.9 Å². The molecule has 126 valence electrons. The lowest BCUT2D eigenvalue weighted by Gasteiger charge is -2.32. The molecule has 6 nitrogen and oxygen atoms in total. The van der Waals surface area contributed by atoms with Gasteiger partial charge in [0.1, 0.15) is 6.10 Å². The number of hydrogen-bond acceptors (Lipinski definition) is 6. The molecular formula is C17H20N4O2S. The molecule has 0 aliphatic carbocycles. The molecule has 2 aromatic rings. The van der Waals surface area contributed by atoms with E-state index in [0.29, 0.717) is 18.2 Å². The Hall–Kier alpha value is -2.15. The first-order chi connectivity index (χ1) is 11.7. The molecule has 2 aromatic heterocycles. The third-order valence-electron chi connectivity index (χ3n) is 3.80. The first-order valence-corrected chi connectivity index (χ1v) is 8.97. The number of rotatable bonds is 5. The Labute approximate surface area is 145 Å². The Balaban J connectivity index is 1.51. The van der Waals surface area contributed by atoms with Crippen molar-refractivity contribution >= 4 is 17.7 Å². The molecule has 0 saturated carbocycles. The smallest absolute Gasteiger partial charge is 0.233 e. The van der Waals surface area contributed by atoms with Crippen molar-refractivity contribution in [1.82, 2.24) is 20.1 Å². The summed E-state index contributed by atoms with van der Waals surface area (Å²) in [5, 5.41) is 8.03. The van der Waals surface area contributed by atoms with Crippen LogP contribution < -0.4 is 4.74 Å². The highest BCUT2D eigenvalue weighted by Crippen LogP contribution is 2.20. The Morgan fingerprint density at radius 2 is 2.12 bits per heavy atom. The highest BCUT2D eigenvalue weighted by Gasteiger charge is 2.25. The second-order valence-electron chi connectivity index (χ2n) is 5.71. The van der Waals surface area contributed by atoms with Gasteiger partial charge in [0.2, 0.25) is 11.8 Å². The van der Waals surface area contributed by atoms with Gasteiger partial charge >= 0.3 is 0 Å². The van der Waals surface area contributed by atoms with Gasteiger partial charge in [-0.1, -0.05) is 0 Å². The third kappa shape index (κ3) is 4.67. The lowest BCUT2D eigenvalue weighted by atomic mass is 10.1. The average Bonchev–Trinajstić information content (AvgIpc) is 2.63. The minimum absolute atomic E-state index is 0.0226. The van der Waals surface area contributed by atoms with Gasteiger partial charge in [0.25, 0.3) is 0 Å². The van der Waals surface area contributed by atoms with Crippen LogP contribution >= 0.6 is 11.8 Å². The normalized spacial score (nSPS) is 17.5. The maximum absolute atomic E-state index is 12.4. The van der Waals surface area contributed by atoms with Gasteiger partial charge in [0.05, 0.1) is 18.0 Å². The topological polar surface area (TPSA) is 68.2 Å². The molecule has 1 unspecified atom stereocenters. The van der Waals surface area contributed by atoms with Crippen LogP contribution in [0.15, 0.2) is 41.6 Å². The summed E-state index contributed by atoms with van der Waals surface area (Å²) < 4.78 is 5.87. The van der Waals surface area contributed by atoms with Gasteiger partial charge in [-0.3, -0.25) is 9.78 Å². The molecule has 1 saturated heterocycles. The second kappa shape index (κ2) is 8.10. The molecule has 1 aliphatic heterocycles. The monoisotopic (exact) mass is 344 g/mol. The molecule has 0 aromatic carbocycles. The van der Waals surface area contributed by atoms with Crippen molar-refractivity contribution in [3.05, 3.63) is 42.4 Å². The Morgan fingerprint density at radius 3 is 2.88 bits per heavy atom. The Bertz CT molecular complexity index is 666. The highest BCUT2D eigenvalue weighted by atomic mass is 32.2. The molecule has 1 amide bonds. The van der Waals surface area contributed by atoms with Crippen LogP contribution in [0.2, 0.25) is 0 Å². The summed E-state index contributed by atoms with van der Waals surface area (Å²) in [7, 11) is 0. The van der Waals surface area contributed by atoms with Crippen molar-refractivity contribution in [2.24, 2.45) is 0 Å². The SMILES string of the molecule is Cc1ccc(OC2CCCN(C(=O)CSc3ccncc3)C2)nn1. The molecule has 0 N–H and O–H groups in total. The zero-order chi connectivity index (χ0) is 16.8. The number of ether oxygens (including phenoxy) is 1. The number of aryl methyl sites for hydroxylation is 1. The molecule has 1 fully saturated rings. The number of amides is 1. The lowest BCUT2D eigenvalue weighted by molar-refractivity contribution is -0.130. The van der Waals surface area contributed by atoms with Crippen molar-refractivity contribution in [2.75, 3.05) is 18.8 Å². The highest BCUT2D eigenvalue weighted by molar-refractivity contribution is 8.00. The van der Waals surface area contributed by atoms with Gasteiger partial charge in [-0.2, -0.15) is 5.10 Å². The predicted molar refractivity (Wildman–Crippen MR) is 92.0 cm³/mol. The summed E-state index contributed by atoms with van der Waals surface area (Å²) >= 11 is 1.53. The van der Waals surface area contributed by atoms with Crippen molar-refractivity contribution in [1.29, 1.82) is 0 Å². The fourth-order valence-electron chi connectivity index (χ4n) is 2.55. The maximum Gasteiger partial charge on any atom is 0.233 e. The van der Waals surface area contributed by atoms with E-state index in [2.05, 4.69) is 15.2 Å². The summed E-state index contributed by atoms with van der Waals surface area (Å²) in [5.74, 6) is 1.09. The van der Waals surface area contributed by atoms with Crippen molar-refractivity contribution in [3.63, 3.8) is 0 Å². The third-order valence-corrected chi connectivity index (χ3v) is 4.80. The lowest BCUT2D eigenvalue weighted by Crippen LogP contribution is -2.45. The van der Waals surface area contributed by atoms with E-state index in [-0.39, 0.29) is 12.0 Å². The van der Waals surface area contributed by atoms with E-state index in [0.717, 1.165) is 30.0 Å². The van der Waals surface area contributed by atoms with E-state index in [4.69, 9.17) is 4.74 Å². The summed E-state index contributed by atoms with van der Waals surface area (Å²) in [5.41, 5.74) is 0.857. The summed E-state index contributed by atoms with van der Waals surface area (Å²) in [6, 6.07) is 7.52. The molecule has 0 spiro atoms. The number of carbonyl (C=O) groups excluding carboxylic acids is 1. The first kappa shape index (κ1) is 16.7. The van der Waals surface area contributed by atoms with Crippen molar-refractivity contribution in [3.8, 4) is 5.88 Å². The second-order valence-corrected chi connectivity index (χ2v) is 6.76. The minimum atomic E-state index is -0.0226. The largest absolute Gasteiger partial charge is 0.471 e. The Morgan fingerprint density at radius 1 is 1.29 bits per heavy atom. The van der Waals surface area contributed by atoms with E-state index in [1.165, 1.54) is 11.8 Å². The van der Waals surface area contributed by atoms with Crippen LogP contribution in [0.25, 0.3) is 0 Å². The molecule has 24 heavy (non-hydrogen) atoms. The fourth-order valence-corrected chi connectivity index (χ4v) is 3.34. The van der Waals surface area contributed by atoms with Gasteiger partial charge in [-0.25, -0.2) is 0 Å². The molecule has 7 heteroatoms.